The van der Waals surface area contributed by atoms with E-state index in [2.05, 4.69) is 14.8 Å². The molecule has 1 atom stereocenters. The number of piperazine rings is 1. The number of methoxy groups -OCH3 is 1. The van der Waals surface area contributed by atoms with Crippen LogP contribution in [0.25, 0.3) is 0 Å². The van der Waals surface area contributed by atoms with Crippen molar-refractivity contribution in [2.45, 2.75) is 6.10 Å². The summed E-state index contributed by atoms with van der Waals surface area (Å²) in [5, 5.41) is 0. The van der Waals surface area contributed by atoms with Gasteiger partial charge in [-0.05, 0) is 36.4 Å². The minimum Gasteiger partial charge on any atom is -0.468 e. The molecule has 1 unspecified atom stereocenters. The molecule has 2 aliphatic heterocycles. The number of hydrogen-bond donors (Lipinski definition) is 1. The lowest BCUT2D eigenvalue weighted by atomic mass is 10.1. The Balaban J connectivity index is 1.31. The number of ether oxygens (including phenoxy) is 2. The van der Waals surface area contributed by atoms with Crippen LogP contribution in [0, 0.1) is 0 Å². The van der Waals surface area contributed by atoms with Crippen LogP contribution >= 0.6 is 0 Å². The van der Waals surface area contributed by atoms with Crippen LogP contribution in [0.15, 0.2) is 59.6 Å². The molecule has 0 aliphatic carbocycles. The minimum absolute atomic E-state index is 0.110. The van der Waals surface area contributed by atoms with Crippen molar-refractivity contribution >= 4 is 29.5 Å². The first-order valence-corrected chi connectivity index (χ1v) is 11.5. The molecule has 2 aliphatic rings. The fourth-order valence-corrected chi connectivity index (χ4v) is 4.12. The molecule has 0 aromatic heterocycles. The fraction of sp³-hybridized carbons (Fsp3) is 0.360. The molecule has 2 aromatic rings. The van der Waals surface area contributed by atoms with Gasteiger partial charge in [-0.2, -0.15) is 4.99 Å². The summed E-state index contributed by atoms with van der Waals surface area (Å²) in [5.41, 5.74) is 7.76. The number of aliphatic imine (C=N–C) groups is 1. The summed E-state index contributed by atoms with van der Waals surface area (Å²) in [6, 6.07) is 15.7. The third kappa shape index (κ3) is 6.23. The normalized spacial score (nSPS) is 19.5. The summed E-state index contributed by atoms with van der Waals surface area (Å²) in [4.78, 5) is 46.0. The SMILES string of the molecule is COC(=O)CN1CCN(CC2CN(c3ccc(C(N)=NC(=O)c4ccccc4)cc3)C(=O)O2)CC1. The average molecular weight is 480 g/mol. The summed E-state index contributed by atoms with van der Waals surface area (Å²) in [6.45, 7) is 4.47. The van der Waals surface area contributed by atoms with Gasteiger partial charge in [0.2, 0.25) is 0 Å². The zero-order valence-electron chi connectivity index (χ0n) is 19.6. The van der Waals surface area contributed by atoms with E-state index in [0.717, 1.165) is 26.2 Å². The van der Waals surface area contributed by atoms with Crippen LogP contribution in [0.2, 0.25) is 0 Å². The maximum Gasteiger partial charge on any atom is 0.414 e. The summed E-state index contributed by atoms with van der Waals surface area (Å²) >= 11 is 0. The Morgan fingerprint density at radius 3 is 2.31 bits per heavy atom. The molecule has 10 heteroatoms. The summed E-state index contributed by atoms with van der Waals surface area (Å²) in [7, 11) is 1.39. The van der Waals surface area contributed by atoms with E-state index in [9.17, 15) is 14.4 Å². The van der Waals surface area contributed by atoms with Gasteiger partial charge in [0.15, 0.2) is 0 Å². The molecule has 2 N–H and O–H groups in total. The van der Waals surface area contributed by atoms with Gasteiger partial charge < -0.3 is 15.2 Å². The van der Waals surface area contributed by atoms with Crippen molar-refractivity contribution in [2.75, 3.05) is 57.8 Å². The molecule has 0 saturated carbocycles. The number of nitrogens with zero attached hydrogens (tertiary/aromatic N) is 4. The van der Waals surface area contributed by atoms with E-state index < -0.39 is 12.0 Å². The number of anilines is 1. The predicted octanol–water partition coefficient (Wildman–Crippen LogP) is 1.35. The van der Waals surface area contributed by atoms with E-state index in [1.807, 2.05) is 6.07 Å². The maximum absolute atomic E-state index is 12.5. The Bertz CT molecular complexity index is 1080. The molecule has 4 rings (SSSR count). The molecule has 2 amide bonds. The summed E-state index contributed by atoms with van der Waals surface area (Å²) in [6.07, 6.45) is -0.641. The zero-order valence-corrected chi connectivity index (χ0v) is 19.6. The quantitative estimate of drug-likeness (QED) is 0.359. The fourth-order valence-electron chi connectivity index (χ4n) is 4.12. The lowest BCUT2D eigenvalue weighted by Crippen LogP contribution is -2.50. The van der Waals surface area contributed by atoms with Gasteiger partial charge >= 0.3 is 12.1 Å². The summed E-state index contributed by atoms with van der Waals surface area (Å²) < 4.78 is 10.3. The van der Waals surface area contributed by atoms with Crippen LogP contribution in [-0.2, 0) is 14.3 Å². The average Bonchev–Trinajstić information content (AvgIpc) is 3.25. The van der Waals surface area contributed by atoms with Crippen LogP contribution < -0.4 is 10.6 Å². The van der Waals surface area contributed by atoms with E-state index >= 15 is 0 Å². The lowest BCUT2D eigenvalue weighted by molar-refractivity contribution is -0.142. The molecular weight excluding hydrogens is 450 g/mol. The van der Waals surface area contributed by atoms with Crippen LogP contribution in [0.5, 0.6) is 0 Å². The number of hydrogen-bond acceptors (Lipinski definition) is 7. The van der Waals surface area contributed by atoms with E-state index in [-0.39, 0.29) is 17.9 Å². The second-order valence-electron chi connectivity index (χ2n) is 8.48. The molecule has 0 bridgehead atoms. The van der Waals surface area contributed by atoms with Crippen LogP contribution in [0.3, 0.4) is 0 Å². The lowest BCUT2D eigenvalue weighted by Gasteiger charge is -2.34. The number of benzene rings is 2. The van der Waals surface area contributed by atoms with E-state index in [1.165, 1.54) is 7.11 Å². The predicted molar refractivity (Wildman–Crippen MR) is 130 cm³/mol. The van der Waals surface area contributed by atoms with Gasteiger partial charge in [-0.3, -0.25) is 24.3 Å². The monoisotopic (exact) mass is 479 g/mol. The smallest absolute Gasteiger partial charge is 0.414 e. The largest absolute Gasteiger partial charge is 0.468 e. The third-order valence-electron chi connectivity index (χ3n) is 6.10. The molecule has 2 fully saturated rings. The molecule has 2 heterocycles. The highest BCUT2D eigenvalue weighted by atomic mass is 16.6. The van der Waals surface area contributed by atoms with Crippen LogP contribution in [0.4, 0.5) is 10.5 Å². The second-order valence-corrected chi connectivity index (χ2v) is 8.48. The molecule has 35 heavy (non-hydrogen) atoms. The zero-order chi connectivity index (χ0) is 24.8. The Morgan fingerprint density at radius 1 is 1.00 bits per heavy atom. The highest BCUT2D eigenvalue weighted by molar-refractivity contribution is 6.08. The molecule has 2 aromatic carbocycles. The highest BCUT2D eigenvalue weighted by Gasteiger charge is 2.34. The van der Waals surface area contributed by atoms with Crippen molar-refractivity contribution in [1.82, 2.24) is 9.80 Å². The van der Waals surface area contributed by atoms with Crippen molar-refractivity contribution in [3.05, 3.63) is 65.7 Å². The third-order valence-corrected chi connectivity index (χ3v) is 6.10. The summed E-state index contributed by atoms with van der Waals surface area (Å²) in [5.74, 6) is -0.538. The van der Waals surface area contributed by atoms with Crippen molar-refractivity contribution < 1.29 is 23.9 Å². The Hall–Kier alpha value is -3.76. The van der Waals surface area contributed by atoms with Gasteiger partial charge in [0, 0.05) is 49.5 Å². The van der Waals surface area contributed by atoms with E-state index in [4.69, 9.17) is 15.2 Å². The van der Waals surface area contributed by atoms with Gasteiger partial charge in [0.1, 0.15) is 11.9 Å². The van der Waals surface area contributed by atoms with Crippen LogP contribution in [-0.4, -0.2) is 92.6 Å². The number of carbonyl (C=O) groups excluding carboxylic acids is 3. The van der Waals surface area contributed by atoms with Crippen molar-refractivity contribution in [3.8, 4) is 0 Å². The first kappa shape index (κ1) is 24.4. The van der Waals surface area contributed by atoms with Crippen LogP contribution in [0.1, 0.15) is 15.9 Å². The molecule has 10 nitrogen and oxygen atoms in total. The van der Waals surface area contributed by atoms with Gasteiger partial charge in [-0.25, -0.2) is 4.79 Å². The first-order chi connectivity index (χ1) is 16.9. The van der Waals surface area contributed by atoms with Crippen molar-refractivity contribution in [3.63, 3.8) is 0 Å². The molecule has 184 valence electrons. The number of amidine groups is 1. The molecule has 2 saturated heterocycles. The Labute approximate surface area is 203 Å². The Morgan fingerprint density at radius 2 is 1.66 bits per heavy atom. The number of cyclic esters (lactones) is 1. The van der Waals surface area contributed by atoms with E-state index in [1.54, 1.807) is 53.4 Å². The number of nitrogens with two attached hydrogens (primary N) is 1. The number of esters is 1. The van der Waals surface area contributed by atoms with Gasteiger partial charge in [0.25, 0.3) is 5.91 Å². The van der Waals surface area contributed by atoms with Crippen molar-refractivity contribution in [2.24, 2.45) is 10.7 Å². The van der Waals surface area contributed by atoms with Crippen molar-refractivity contribution in [1.29, 1.82) is 0 Å². The second kappa shape index (κ2) is 11.1. The molecule has 0 spiro atoms. The molecular formula is C25H29N5O5. The number of carbonyl (C=O) groups is 3. The van der Waals surface area contributed by atoms with E-state index in [0.29, 0.717) is 36.4 Å². The molecule has 0 radical (unpaired) electrons. The van der Waals surface area contributed by atoms with Gasteiger partial charge in [-0.1, -0.05) is 18.2 Å². The van der Waals surface area contributed by atoms with Gasteiger partial charge in [-0.15, -0.1) is 0 Å². The van der Waals surface area contributed by atoms with Gasteiger partial charge in [0.05, 0.1) is 20.2 Å². The minimum atomic E-state index is -0.413. The first-order valence-electron chi connectivity index (χ1n) is 11.5. The highest BCUT2D eigenvalue weighted by Crippen LogP contribution is 2.23. The Kier molecular flexibility index (Phi) is 7.74. The number of rotatable bonds is 7. The number of amides is 2. The standard InChI is InChI=1S/C25H29N5O5/c1-34-22(31)17-29-13-11-28(12-14-29)15-21-16-30(25(33)35-21)20-9-7-18(8-10-20)23(26)27-24(32)19-5-3-2-4-6-19/h2-10,21H,11-17H2,1H3,(H2,26,27,32). The topological polar surface area (TPSA) is 118 Å². The maximum atomic E-state index is 12.5.